The van der Waals surface area contributed by atoms with Crippen molar-refractivity contribution in [3.8, 4) is 5.75 Å². The molecule has 6 nitrogen and oxygen atoms in total. The van der Waals surface area contributed by atoms with Gasteiger partial charge in [-0.3, -0.25) is 14.5 Å². The zero-order chi connectivity index (χ0) is 16.2. The van der Waals surface area contributed by atoms with Gasteiger partial charge >= 0.3 is 0 Å². The minimum absolute atomic E-state index is 0.0452. The van der Waals surface area contributed by atoms with Crippen molar-refractivity contribution in [1.82, 2.24) is 5.32 Å². The van der Waals surface area contributed by atoms with Gasteiger partial charge in [-0.1, -0.05) is 19.1 Å². The summed E-state index contributed by atoms with van der Waals surface area (Å²) in [6.45, 7) is 2.13. The van der Waals surface area contributed by atoms with E-state index in [4.69, 9.17) is 9.15 Å². The highest BCUT2D eigenvalue weighted by molar-refractivity contribution is 6.03. The van der Waals surface area contributed by atoms with E-state index in [0.29, 0.717) is 30.2 Å². The lowest BCUT2D eigenvalue weighted by Gasteiger charge is -2.33. The topological polar surface area (TPSA) is 71.8 Å². The van der Waals surface area contributed by atoms with Crippen molar-refractivity contribution in [2.24, 2.45) is 0 Å². The summed E-state index contributed by atoms with van der Waals surface area (Å²) in [5.41, 5.74) is 0.621. The van der Waals surface area contributed by atoms with E-state index in [0.717, 1.165) is 0 Å². The Labute approximate surface area is 134 Å². The van der Waals surface area contributed by atoms with Gasteiger partial charge in [0.2, 0.25) is 5.91 Å². The van der Waals surface area contributed by atoms with Crippen LogP contribution in [0, 0.1) is 0 Å². The fourth-order valence-corrected chi connectivity index (χ4v) is 2.50. The molecule has 0 aliphatic carbocycles. The van der Waals surface area contributed by atoms with E-state index in [1.807, 2.05) is 19.1 Å². The number of carbonyl (C=O) groups is 2. The molecule has 0 unspecified atom stereocenters. The van der Waals surface area contributed by atoms with Gasteiger partial charge in [0.25, 0.3) is 5.91 Å². The van der Waals surface area contributed by atoms with E-state index in [9.17, 15) is 9.59 Å². The lowest BCUT2D eigenvalue weighted by Crippen LogP contribution is -2.49. The predicted octanol–water partition coefficient (Wildman–Crippen LogP) is 2.10. The van der Waals surface area contributed by atoms with Crippen LogP contribution < -0.4 is 15.0 Å². The number of fused-ring (bicyclic) bond motifs is 1. The maximum Gasteiger partial charge on any atom is 0.268 e. The van der Waals surface area contributed by atoms with Gasteiger partial charge in [0, 0.05) is 0 Å². The molecular formula is C17H18N2O4. The minimum atomic E-state index is -0.553. The van der Waals surface area contributed by atoms with E-state index in [1.165, 1.54) is 4.90 Å². The fraction of sp³-hybridized carbons (Fsp3) is 0.294. The van der Waals surface area contributed by atoms with Crippen molar-refractivity contribution >= 4 is 17.5 Å². The summed E-state index contributed by atoms with van der Waals surface area (Å²) in [6, 6.07) is 10.8. The van der Waals surface area contributed by atoms with E-state index < -0.39 is 6.10 Å². The molecule has 120 valence electrons. The first kappa shape index (κ1) is 15.1. The maximum absolute atomic E-state index is 12.5. The summed E-state index contributed by atoms with van der Waals surface area (Å²) < 4.78 is 10.9. The summed E-state index contributed by atoms with van der Waals surface area (Å²) in [7, 11) is 0. The SMILES string of the molecule is CC[C@@H]1Oc2ccccc2N(CC(=O)NCc2ccco2)C1=O. The molecule has 0 spiro atoms. The normalized spacial score (nSPS) is 16.7. The number of ether oxygens (including phenoxy) is 1. The number of carbonyl (C=O) groups excluding carboxylic acids is 2. The van der Waals surface area contributed by atoms with Crippen molar-refractivity contribution < 1.29 is 18.7 Å². The Morgan fingerprint density at radius 2 is 2.09 bits per heavy atom. The van der Waals surface area contributed by atoms with E-state index >= 15 is 0 Å². The molecule has 1 atom stereocenters. The van der Waals surface area contributed by atoms with Crippen LogP contribution in [0.25, 0.3) is 0 Å². The van der Waals surface area contributed by atoms with Crippen molar-refractivity contribution in [2.45, 2.75) is 26.0 Å². The summed E-state index contributed by atoms with van der Waals surface area (Å²) in [5.74, 6) is 0.844. The average molecular weight is 314 g/mol. The van der Waals surface area contributed by atoms with E-state index in [1.54, 1.807) is 30.5 Å². The number of benzene rings is 1. The van der Waals surface area contributed by atoms with Crippen LogP contribution in [0.1, 0.15) is 19.1 Å². The van der Waals surface area contributed by atoms with E-state index in [2.05, 4.69) is 5.32 Å². The third-order valence-electron chi connectivity index (χ3n) is 3.68. The molecule has 1 aliphatic rings. The number of furan rings is 1. The molecule has 0 bridgehead atoms. The van der Waals surface area contributed by atoms with Crippen LogP contribution in [0.2, 0.25) is 0 Å². The molecule has 0 fully saturated rings. The second kappa shape index (κ2) is 6.56. The average Bonchev–Trinajstić information content (AvgIpc) is 3.09. The zero-order valence-corrected chi connectivity index (χ0v) is 12.8. The molecule has 1 N–H and O–H groups in total. The maximum atomic E-state index is 12.5. The third-order valence-corrected chi connectivity index (χ3v) is 3.68. The highest BCUT2D eigenvalue weighted by Crippen LogP contribution is 2.34. The molecule has 3 rings (SSSR count). The Balaban J connectivity index is 1.72. The molecule has 1 aliphatic heterocycles. The number of nitrogens with zero attached hydrogens (tertiary/aromatic N) is 1. The summed E-state index contributed by atoms with van der Waals surface area (Å²) in [4.78, 5) is 26.1. The third kappa shape index (κ3) is 3.21. The molecule has 2 amide bonds. The van der Waals surface area contributed by atoms with Crippen molar-refractivity contribution in [3.63, 3.8) is 0 Å². The Hall–Kier alpha value is -2.76. The Kier molecular flexibility index (Phi) is 4.32. The predicted molar refractivity (Wildman–Crippen MR) is 84.1 cm³/mol. The first-order valence-corrected chi connectivity index (χ1v) is 7.55. The van der Waals surface area contributed by atoms with Gasteiger partial charge in [0.05, 0.1) is 18.5 Å². The molecule has 2 heterocycles. The van der Waals surface area contributed by atoms with Gasteiger partial charge < -0.3 is 14.5 Å². The van der Waals surface area contributed by atoms with Gasteiger partial charge in [-0.25, -0.2) is 0 Å². The smallest absolute Gasteiger partial charge is 0.268 e. The van der Waals surface area contributed by atoms with Crippen LogP contribution in [0.15, 0.2) is 47.1 Å². The second-order valence-electron chi connectivity index (χ2n) is 5.26. The monoisotopic (exact) mass is 314 g/mol. The van der Waals surface area contributed by atoms with Gasteiger partial charge in [-0.05, 0) is 30.7 Å². The van der Waals surface area contributed by atoms with Crippen LogP contribution in [-0.4, -0.2) is 24.5 Å². The number of anilines is 1. The second-order valence-corrected chi connectivity index (χ2v) is 5.26. The largest absolute Gasteiger partial charge is 0.478 e. The summed E-state index contributed by atoms with van der Waals surface area (Å²) in [5, 5.41) is 2.75. The molecule has 0 radical (unpaired) electrons. The number of para-hydroxylation sites is 2. The molecule has 1 aromatic heterocycles. The standard InChI is InChI=1S/C17H18N2O4/c1-2-14-17(21)19(13-7-3-4-8-15(13)23-14)11-16(20)18-10-12-6-5-9-22-12/h3-9,14H,2,10-11H2,1H3,(H,18,20)/t14-/m0/s1. The molecule has 1 aromatic carbocycles. The Bertz CT molecular complexity index is 696. The van der Waals surface area contributed by atoms with E-state index in [-0.39, 0.29) is 18.4 Å². The number of amides is 2. The first-order valence-electron chi connectivity index (χ1n) is 7.55. The lowest BCUT2D eigenvalue weighted by atomic mass is 10.1. The van der Waals surface area contributed by atoms with Gasteiger partial charge in [-0.2, -0.15) is 0 Å². The highest BCUT2D eigenvalue weighted by atomic mass is 16.5. The van der Waals surface area contributed by atoms with Crippen LogP contribution in [0.5, 0.6) is 5.75 Å². The number of hydrogen-bond donors (Lipinski definition) is 1. The molecule has 23 heavy (non-hydrogen) atoms. The Morgan fingerprint density at radius 3 is 2.83 bits per heavy atom. The quantitative estimate of drug-likeness (QED) is 0.917. The van der Waals surface area contributed by atoms with Gasteiger partial charge in [0.1, 0.15) is 18.1 Å². The molecule has 0 saturated carbocycles. The van der Waals surface area contributed by atoms with Crippen molar-refractivity contribution in [1.29, 1.82) is 0 Å². The van der Waals surface area contributed by atoms with Crippen molar-refractivity contribution in [3.05, 3.63) is 48.4 Å². The van der Waals surface area contributed by atoms with Gasteiger partial charge in [0.15, 0.2) is 6.10 Å². The highest BCUT2D eigenvalue weighted by Gasteiger charge is 2.34. The van der Waals surface area contributed by atoms with Gasteiger partial charge in [-0.15, -0.1) is 0 Å². The van der Waals surface area contributed by atoms with Crippen LogP contribution in [-0.2, 0) is 16.1 Å². The minimum Gasteiger partial charge on any atom is -0.478 e. The summed E-state index contributed by atoms with van der Waals surface area (Å²) >= 11 is 0. The van der Waals surface area contributed by atoms with Crippen molar-refractivity contribution in [2.75, 3.05) is 11.4 Å². The number of hydrogen-bond acceptors (Lipinski definition) is 4. The van der Waals surface area contributed by atoms with Crippen LogP contribution >= 0.6 is 0 Å². The Morgan fingerprint density at radius 1 is 1.26 bits per heavy atom. The molecular weight excluding hydrogens is 296 g/mol. The fourth-order valence-electron chi connectivity index (χ4n) is 2.50. The number of rotatable bonds is 5. The number of nitrogens with one attached hydrogen (secondary N) is 1. The molecule has 0 saturated heterocycles. The zero-order valence-electron chi connectivity index (χ0n) is 12.8. The molecule has 6 heteroatoms. The van der Waals surface area contributed by atoms with Crippen LogP contribution in [0.3, 0.4) is 0 Å². The summed E-state index contributed by atoms with van der Waals surface area (Å²) in [6.07, 6.45) is 1.55. The lowest BCUT2D eigenvalue weighted by molar-refractivity contribution is -0.129. The first-order chi connectivity index (χ1) is 11.2. The van der Waals surface area contributed by atoms with Crippen LogP contribution in [0.4, 0.5) is 5.69 Å². The molecule has 2 aromatic rings.